The Hall–Kier alpha value is -1.15. The summed E-state index contributed by atoms with van der Waals surface area (Å²) >= 11 is 7.68. The number of benzene rings is 1. The second kappa shape index (κ2) is 5.57. The van der Waals surface area contributed by atoms with E-state index in [4.69, 9.17) is 0 Å². The van der Waals surface area contributed by atoms with Crippen molar-refractivity contribution in [3.8, 4) is 0 Å². The van der Waals surface area contributed by atoms with Crippen molar-refractivity contribution in [3.63, 3.8) is 0 Å². The van der Waals surface area contributed by atoms with Crippen molar-refractivity contribution in [1.82, 2.24) is 9.97 Å². The van der Waals surface area contributed by atoms with Crippen LogP contribution in [-0.2, 0) is 5.41 Å². The van der Waals surface area contributed by atoms with E-state index in [1.54, 1.807) is 12.4 Å². The maximum Gasteiger partial charge on any atom is 0.229 e. The van der Waals surface area contributed by atoms with Gasteiger partial charge in [-0.05, 0) is 33.6 Å². The summed E-state index contributed by atoms with van der Waals surface area (Å²) in [5.41, 5.74) is 1.04. The molecule has 2 aromatic rings. The number of halogens is 1. The van der Waals surface area contributed by atoms with Gasteiger partial charge >= 0.3 is 0 Å². The zero-order valence-electron chi connectivity index (χ0n) is 11.1. The molecule has 0 bridgehead atoms. The van der Waals surface area contributed by atoms with Gasteiger partial charge in [0.2, 0.25) is 5.95 Å². The van der Waals surface area contributed by atoms with Gasteiger partial charge in [-0.2, -0.15) is 0 Å². The molecule has 2 heterocycles. The lowest BCUT2D eigenvalue weighted by molar-refractivity contribution is 0.128. The minimum atomic E-state index is -0.715. The van der Waals surface area contributed by atoms with Gasteiger partial charge in [-0.15, -0.1) is 12.6 Å². The third kappa shape index (κ3) is 2.44. The number of thiol groups is 1. The third-order valence-electron chi connectivity index (χ3n) is 3.76. The van der Waals surface area contributed by atoms with E-state index < -0.39 is 5.41 Å². The normalized spacial score (nSPS) is 16.1. The molecule has 0 radical (unpaired) electrons. The molecule has 0 unspecified atom stereocenters. The zero-order valence-corrected chi connectivity index (χ0v) is 13.5. The van der Waals surface area contributed by atoms with Gasteiger partial charge in [0.05, 0.1) is 23.1 Å². The first kappa shape index (κ1) is 14.8. The molecule has 0 saturated heterocycles. The number of aromatic nitrogens is 2. The predicted octanol–water partition coefficient (Wildman–Crippen LogP) is 1.90. The van der Waals surface area contributed by atoms with Crippen molar-refractivity contribution in [2.45, 2.75) is 10.3 Å². The fourth-order valence-corrected chi connectivity index (χ4v) is 3.01. The summed E-state index contributed by atoms with van der Waals surface area (Å²) in [7, 11) is 0. The molecular weight excluding hydrogens is 354 g/mol. The van der Waals surface area contributed by atoms with Gasteiger partial charge in [0, 0.05) is 29.5 Å². The quantitative estimate of drug-likeness (QED) is 0.722. The van der Waals surface area contributed by atoms with E-state index in [1.807, 2.05) is 23.1 Å². The average Bonchev–Trinajstić information content (AvgIpc) is 2.82. The molecule has 0 fully saturated rings. The number of rotatable bonds is 3. The van der Waals surface area contributed by atoms with E-state index in [9.17, 15) is 10.2 Å². The van der Waals surface area contributed by atoms with Crippen LogP contribution < -0.4 is 4.90 Å². The highest BCUT2D eigenvalue weighted by molar-refractivity contribution is 9.10. The number of aliphatic hydroxyl groups is 2. The summed E-state index contributed by atoms with van der Waals surface area (Å²) in [5, 5.41) is 19.6. The van der Waals surface area contributed by atoms with Gasteiger partial charge in [0.25, 0.3) is 0 Å². The fourth-order valence-electron chi connectivity index (χ4n) is 2.61. The van der Waals surface area contributed by atoms with E-state index in [0.29, 0.717) is 12.5 Å². The van der Waals surface area contributed by atoms with Crippen LogP contribution in [-0.4, -0.2) is 39.9 Å². The Morgan fingerprint density at radius 2 is 1.90 bits per heavy atom. The number of hydrogen-bond donors (Lipinski definition) is 3. The maximum absolute atomic E-state index is 9.79. The molecule has 5 nitrogen and oxygen atoms in total. The molecular formula is C14H14BrN3O2S. The van der Waals surface area contributed by atoms with Crippen LogP contribution in [0.25, 0.3) is 0 Å². The molecule has 3 rings (SSSR count). The largest absolute Gasteiger partial charge is 0.395 e. The van der Waals surface area contributed by atoms with Gasteiger partial charge in [-0.25, -0.2) is 9.97 Å². The van der Waals surface area contributed by atoms with Gasteiger partial charge < -0.3 is 15.1 Å². The third-order valence-corrected chi connectivity index (χ3v) is 4.45. The van der Waals surface area contributed by atoms with Gasteiger partial charge in [-0.3, -0.25) is 0 Å². The second-order valence-corrected chi connectivity index (χ2v) is 6.52. The summed E-state index contributed by atoms with van der Waals surface area (Å²) < 4.78 is 0.796. The minimum Gasteiger partial charge on any atom is -0.395 e. The number of hydrogen-bond acceptors (Lipinski definition) is 6. The molecule has 1 aromatic heterocycles. The van der Waals surface area contributed by atoms with E-state index in [0.717, 1.165) is 20.6 Å². The number of nitrogens with zero attached hydrogens (tertiary/aromatic N) is 3. The van der Waals surface area contributed by atoms with Crippen molar-refractivity contribution in [1.29, 1.82) is 0 Å². The van der Waals surface area contributed by atoms with Crippen LogP contribution >= 0.6 is 28.6 Å². The Labute approximate surface area is 136 Å². The van der Waals surface area contributed by atoms with Crippen LogP contribution in [0.5, 0.6) is 0 Å². The maximum atomic E-state index is 9.79. The van der Waals surface area contributed by atoms with E-state index in [2.05, 4.69) is 38.5 Å². The molecule has 2 N–H and O–H groups in total. The highest BCUT2D eigenvalue weighted by Gasteiger charge is 2.43. The van der Waals surface area contributed by atoms with Crippen molar-refractivity contribution >= 4 is 40.2 Å². The second-order valence-electron chi connectivity index (χ2n) is 5.09. The summed E-state index contributed by atoms with van der Waals surface area (Å²) in [6.07, 6.45) is 3.34. The van der Waals surface area contributed by atoms with Crippen LogP contribution in [0.15, 0.2) is 40.0 Å². The summed E-state index contributed by atoms with van der Waals surface area (Å²) in [4.78, 5) is 11.3. The van der Waals surface area contributed by atoms with Crippen molar-refractivity contribution < 1.29 is 10.2 Å². The molecule has 0 atom stereocenters. The Bertz CT molecular complexity index is 662. The van der Waals surface area contributed by atoms with Crippen molar-refractivity contribution in [2.24, 2.45) is 0 Å². The lowest BCUT2D eigenvalue weighted by atomic mass is 9.84. The Balaban J connectivity index is 2.13. The summed E-state index contributed by atoms with van der Waals surface area (Å²) in [6, 6.07) is 5.65. The molecule has 1 aliphatic heterocycles. The minimum absolute atomic E-state index is 0.143. The molecule has 110 valence electrons. The molecule has 7 heteroatoms. The molecule has 21 heavy (non-hydrogen) atoms. The van der Waals surface area contributed by atoms with Gasteiger partial charge in [0.1, 0.15) is 0 Å². The predicted molar refractivity (Wildman–Crippen MR) is 86.3 cm³/mol. The first-order valence-corrected chi connectivity index (χ1v) is 7.64. The first-order valence-electron chi connectivity index (χ1n) is 6.40. The Morgan fingerprint density at radius 1 is 1.24 bits per heavy atom. The Kier molecular flexibility index (Phi) is 3.92. The van der Waals surface area contributed by atoms with E-state index in [1.165, 1.54) is 0 Å². The van der Waals surface area contributed by atoms with Crippen molar-refractivity contribution in [2.75, 3.05) is 24.7 Å². The number of anilines is 2. The Morgan fingerprint density at radius 3 is 2.52 bits per heavy atom. The highest BCUT2D eigenvalue weighted by atomic mass is 79.9. The smallest absolute Gasteiger partial charge is 0.229 e. The first-order chi connectivity index (χ1) is 10.1. The highest BCUT2D eigenvalue weighted by Crippen LogP contribution is 2.44. The average molecular weight is 368 g/mol. The van der Waals surface area contributed by atoms with E-state index >= 15 is 0 Å². The van der Waals surface area contributed by atoms with Crippen LogP contribution in [0, 0.1) is 0 Å². The van der Waals surface area contributed by atoms with Crippen LogP contribution in [0.3, 0.4) is 0 Å². The SMILES string of the molecule is OCC1(CO)CN(c2ncc(Br)cn2)c2cc(S)ccc21. The summed E-state index contributed by atoms with van der Waals surface area (Å²) in [5.74, 6) is 0.530. The lowest BCUT2D eigenvalue weighted by Gasteiger charge is -2.25. The van der Waals surface area contributed by atoms with Crippen molar-refractivity contribution in [3.05, 3.63) is 40.6 Å². The molecule has 0 saturated carbocycles. The lowest BCUT2D eigenvalue weighted by Crippen LogP contribution is -2.39. The standard InChI is InChI=1S/C14H14BrN3O2S/c15-9-4-16-13(17-5-9)18-6-14(7-19,8-20)11-2-1-10(21)3-12(11)18/h1-5,19-21H,6-8H2. The van der Waals surface area contributed by atoms with Gasteiger partial charge in [-0.1, -0.05) is 6.07 Å². The topological polar surface area (TPSA) is 69.5 Å². The summed E-state index contributed by atoms with van der Waals surface area (Å²) in [6.45, 7) is 0.138. The number of aliphatic hydroxyl groups excluding tert-OH is 2. The van der Waals surface area contributed by atoms with Crippen LogP contribution in [0.2, 0.25) is 0 Å². The van der Waals surface area contributed by atoms with E-state index in [-0.39, 0.29) is 13.2 Å². The fraction of sp³-hybridized carbons (Fsp3) is 0.286. The van der Waals surface area contributed by atoms with Crippen LogP contribution in [0.1, 0.15) is 5.56 Å². The molecule has 1 aromatic carbocycles. The molecule has 1 aliphatic rings. The zero-order chi connectivity index (χ0) is 15.0. The molecule has 0 aliphatic carbocycles. The number of fused-ring (bicyclic) bond motifs is 1. The molecule has 0 amide bonds. The molecule has 0 spiro atoms. The monoisotopic (exact) mass is 367 g/mol. The van der Waals surface area contributed by atoms with Crippen LogP contribution in [0.4, 0.5) is 11.6 Å². The van der Waals surface area contributed by atoms with Gasteiger partial charge in [0.15, 0.2) is 0 Å².